The molecular weight excluding hydrogens is 204 g/mol. The van der Waals surface area contributed by atoms with Crippen molar-refractivity contribution in [1.29, 1.82) is 0 Å². The lowest BCUT2D eigenvalue weighted by atomic mass is 10.1. The van der Waals surface area contributed by atoms with Crippen molar-refractivity contribution in [2.24, 2.45) is 10.2 Å². The highest BCUT2D eigenvalue weighted by atomic mass is 16.2. The Balaban J connectivity index is 4.24. The number of nitrogens with one attached hydrogen (secondary N) is 2. The molecule has 0 bridgehead atoms. The van der Waals surface area contributed by atoms with Crippen molar-refractivity contribution < 1.29 is 4.79 Å². The van der Waals surface area contributed by atoms with Gasteiger partial charge in [-0.1, -0.05) is 6.92 Å². The molecule has 0 heterocycles. The number of carbonyl (C=O) groups excluding carboxylic acids is 1. The number of hydrogen-bond donors (Lipinski definition) is 2. The SMILES string of the molecule is CCCNC(=O)NC(C)(C)N=NC(C)(C)C. The predicted molar refractivity (Wildman–Crippen MR) is 65.5 cm³/mol. The summed E-state index contributed by atoms with van der Waals surface area (Å²) in [4.78, 5) is 11.4. The third-order valence-corrected chi connectivity index (χ3v) is 1.55. The molecule has 16 heavy (non-hydrogen) atoms. The summed E-state index contributed by atoms with van der Waals surface area (Å²) in [5.41, 5.74) is -0.899. The van der Waals surface area contributed by atoms with Crippen LogP contribution in [0.4, 0.5) is 4.79 Å². The summed E-state index contributed by atoms with van der Waals surface area (Å²) in [6.45, 7) is 12.2. The molecule has 2 N–H and O–H groups in total. The second kappa shape index (κ2) is 5.82. The van der Waals surface area contributed by atoms with E-state index in [4.69, 9.17) is 0 Å². The lowest BCUT2D eigenvalue weighted by Crippen LogP contribution is -2.47. The van der Waals surface area contributed by atoms with Crippen LogP contribution in [0, 0.1) is 0 Å². The van der Waals surface area contributed by atoms with Crippen LogP contribution in [0.5, 0.6) is 0 Å². The Hall–Kier alpha value is -1.13. The van der Waals surface area contributed by atoms with Gasteiger partial charge >= 0.3 is 6.03 Å². The topological polar surface area (TPSA) is 65.8 Å². The first-order valence-electron chi connectivity index (χ1n) is 5.66. The van der Waals surface area contributed by atoms with Gasteiger partial charge in [-0.2, -0.15) is 10.2 Å². The summed E-state index contributed by atoms with van der Waals surface area (Å²) in [7, 11) is 0. The van der Waals surface area contributed by atoms with Gasteiger partial charge in [0.1, 0.15) is 5.66 Å². The normalized spacial score (nSPS) is 12.9. The van der Waals surface area contributed by atoms with Crippen LogP contribution in [-0.2, 0) is 0 Å². The van der Waals surface area contributed by atoms with Crippen LogP contribution in [0.3, 0.4) is 0 Å². The van der Waals surface area contributed by atoms with Gasteiger partial charge in [-0.05, 0) is 41.0 Å². The molecule has 0 spiro atoms. The first-order chi connectivity index (χ1) is 7.16. The number of carbonyl (C=O) groups is 1. The molecule has 0 atom stereocenters. The summed E-state index contributed by atoms with van der Waals surface area (Å²) < 4.78 is 0. The number of nitrogens with zero attached hydrogens (tertiary/aromatic N) is 2. The summed E-state index contributed by atoms with van der Waals surface area (Å²) >= 11 is 0. The van der Waals surface area contributed by atoms with Crippen molar-refractivity contribution in [3.05, 3.63) is 0 Å². The minimum atomic E-state index is -0.675. The van der Waals surface area contributed by atoms with Gasteiger partial charge in [0.2, 0.25) is 0 Å². The Morgan fingerprint density at radius 2 is 1.69 bits per heavy atom. The van der Waals surface area contributed by atoms with Crippen molar-refractivity contribution in [2.75, 3.05) is 6.54 Å². The van der Waals surface area contributed by atoms with Crippen LogP contribution < -0.4 is 10.6 Å². The van der Waals surface area contributed by atoms with Crippen LogP contribution in [0.25, 0.3) is 0 Å². The smallest absolute Gasteiger partial charge is 0.316 e. The average molecular weight is 228 g/mol. The number of hydrogen-bond acceptors (Lipinski definition) is 3. The third kappa shape index (κ3) is 8.20. The number of urea groups is 1. The zero-order valence-corrected chi connectivity index (χ0v) is 11.2. The molecule has 0 aromatic carbocycles. The van der Waals surface area contributed by atoms with E-state index in [9.17, 15) is 4.79 Å². The second-order valence-electron chi connectivity index (χ2n) is 5.31. The second-order valence-corrected chi connectivity index (χ2v) is 5.31. The van der Waals surface area contributed by atoms with Crippen LogP contribution in [0.15, 0.2) is 10.2 Å². The molecule has 0 saturated heterocycles. The first-order valence-corrected chi connectivity index (χ1v) is 5.66. The maximum Gasteiger partial charge on any atom is 0.316 e. The quantitative estimate of drug-likeness (QED) is 0.714. The Labute approximate surface area is 98.1 Å². The highest BCUT2D eigenvalue weighted by Gasteiger charge is 2.20. The molecule has 0 saturated carbocycles. The molecule has 0 aliphatic carbocycles. The van der Waals surface area contributed by atoms with Crippen molar-refractivity contribution in [3.8, 4) is 0 Å². The van der Waals surface area contributed by atoms with E-state index in [1.807, 2.05) is 41.5 Å². The molecular formula is C11H24N4O. The maximum absolute atomic E-state index is 11.4. The fourth-order valence-corrected chi connectivity index (χ4v) is 0.861. The summed E-state index contributed by atoms with van der Waals surface area (Å²) in [6.07, 6.45) is 0.914. The van der Waals surface area contributed by atoms with Crippen molar-refractivity contribution in [2.45, 2.75) is 59.2 Å². The minimum Gasteiger partial charge on any atom is -0.338 e. The molecule has 2 amide bonds. The molecule has 0 aromatic heterocycles. The molecule has 94 valence electrons. The van der Waals surface area contributed by atoms with E-state index in [1.165, 1.54) is 0 Å². The van der Waals surface area contributed by atoms with Gasteiger partial charge in [0.05, 0.1) is 5.54 Å². The molecule has 0 aromatic rings. The van der Waals surface area contributed by atoms with Crippen LogP contribution in [0.1, 0.15) is 48.0 Å². The molecule has 0 radical (unpaired) electrons. The molecule has 0 aliphatic heterocycles. The lowest BCUT2D eigenvalue weighted by Gasteiger charge is -2.22. The first kappa shape index (κ1) is 14.9. The zero-order valence-electron chi connectivity index (χ0n) is 11.2. The third-order valence-electron chi connectivity index (χ3n) is 1.55. The molecule has 0 unspecified atom stereocenters. The minimum absolute atomic E-state index is 0.209. The summed E-state index contributed by atoms with van der Waals surface area (Å²) in [6, 6.07) is -0.209. The summed E-state index contributed by atoms with van der Waals surface area (Å²) in [5, 5.41) is 13.8. The van der Waals surface area contributed by atoms with E-state index in [2.05, 4.69) is 20.9 Å². The summed E-state index contributed by atoms with van der Waals surface area (Å²) in [5.74, 6) is 0. The Bertz CT molecular complexity index is 253. The van der Waals surface area contributed by atoms with E-state index >= 15 is 0 Å². The van der Waals surface area contributed by atoms with Gasteiger partial charge in [0.15, 0.2) is 0 Å². The Kier molecular flexibility index (Phi) is 5.41. The Morgan fingerprint density at radius 1 is 1.12 bits per heavy atom. The standard InChI is InChI=1S/C11H24N4O/c1-7-8-12-9(16)13-11(5,6)15-14-10(2,3)4/h7-8H2,1-6H3,(H2,12,13,16). The average Bonchev–Trinajstić information content (AvgIpc) is 2.10. The molecule has 0 aliphatic rings. The number of amides is 2. The highest BCUT2D eigenvalue weighted by molar-refractivity contribution is 5.74. The van der Waals surface area contributed by atoms with Crippen LogP contribution in [0.2, 0.25) is 0 Å². The van der Waals surface area contributed by atoms with Gasteiger partial charge < -0.3 is 10.6 Å². The van der Waals surface area contributed by atoms with E-state index in [1.54, 1.807) is 0 Å². The van der Waals surface area contributed by atoms with Crippen molar-refractivity contribution in [1.82, 2.24) is 10.6 Å². The van der Waals surface area contributed by atoms with E-state index in [0.717, 1.165) is 6.42 Å². The Morgan fingerprint density at radius 3 is 2.12 bits per heavy atom. The van der Waals surface area contributed by atoms with Crippen molar-refractivity contribution in [3.63, 3.8) is 0 Å². The predicted octanol–water partition coefficient (Wildman–Crippen LogP) is 2.68. The maximum atomic E-state index is 11.4. The molecule has 0 rings (SSSR count). The van der Waals surface area contributed by atoms with Gasteiger partial charge in [-0.3, -0.25) is 0 Å². The van der Waals surface area contributed by atoms with Crippen LogP contribution >= 0.6 is 0 Å². The number of azo groups is 1. The van der Waals surface area contributed by atoms with Crippen LogP contribution in [-0.4, -0.2) is 23.8 Å². The largest absolute Gasteiger partial charge is 0.338 e. The van der Waals surface area contributed by atoms with Crippen molar-refractivity contribution >= 4 is 6.03 Å². The fraction of sp³-hybridized carbons (Fsp3) is 0.909. The molecule has 0 fully saturated rings. The van der Waals surface area contributed by atoms with Gasteiger partial charge in [0, 0.05) is 6.54 Å². The van der Waals surface area contributed by atoms with Gasteiger partial charge in [-0.25, -0.2) is 4.79 Å². The fourth-order valence-electron chi connectivity index (χ4n) is 0.861. The highest BCUT2D eigenvalue weighted by Crippen LogP contribution is 2.12. The van der Waals surface area contributed by atoms with E-state index in [0.29, 0.717) is 6.54 Å². The van der Waals surface area contributed by atoms with Gasteiger partial charge in [-0.15, -0.1) is 0 Å². The van der Waals surface area contributed by atoms with E-state index < -0.39 is 5.66 Å². The molecule has 5 nitrogen and oxygen atoms in total. The van der Waals surface area contributed by atoms with E-state index in [-0.39, 0.29) is 11.6 Å². The monoisotopic (exact) mass is 228 g/mol. The number of rotatable bonds is 4. The van der Waals surface area contributed by atoms with Gasteiger partial charge in [0.25, 0.3) is 0 Å². The zero-order chi connectivity index (χ0) is 12.8. The molecule has 5 heteroatoms. The lowest BCUT2D eigenvalue weighted by molar-refractivity contribution is 0.229.